The first kappa shape index (κ1) is 22.6. The summed E-state index contributed by atoms with van der Waals surface area (Å²) in [4.78, 5) is 26.9. The summed E-state index contributed by atoms with van der Waals surface area (Å²) in [5, 5.41) is 28.6. The molecule has 1 aliphatic rings. The number of anilines is 1. The van der Waals surface area contributed by atoms with E-state index in [0.717, 1.165) is 28.4 Å². The van der Waals surface area contributed by atoms with Gasteiger partial charge in [0.05, 0.1) is 18.7 Å². The fraction of sp³-hybridized carbons (Fsp3) is 0.100. The lowest BCUT2D eigenvalue weighted by atomic mass is 9.95. The van der Waals surface area contributed by atoms with Gasteiger partial charge in [-0.2, -0.15) is 0 Å². The van der Waals surface area contributed by atoms with Gasteiger partial charge in [0.15, 0.2) is 11.5 Å². The number of phenols is 1. The van der Waals surface area contributed by atoms with E-state index in [0.29, 0.717) is 5.56 Å². The second-order valence-electron chi connectivity index (χ2n) is 6.33. The van der Waals surface area contributed by atoms with Crippen molar-refractivity contribution in [1.29, 1.82) is 0 Å². The molecule has 3 aromatic rings. The van der Waals surface area contributed by atoms with Gasteiger partial charge >= 0.3 is 5.91 Å². The highest BCUT2D eigenvalue weighted by Crippen LogP contribution is 2.44. The SMILES string of the molecule is COc1cc(C2/C(=C(\O)c3ccc(F)cc3)C(=O)C(=O)N2c2nncs2)ccc1O.I. The van der Waals surface area contributed by atoms with Crippen molar-refractivity contribution in [3.8, 4) is 11.5 Å². The van der Waals surface area contributed by atoms with Gasteiger partial charge in [-0.1, -0.05) is 17.4 Å². The van der Waals surface area contributed by atoms with Crippen molar-refractivity contribution in [2.24, 2.45) is 0 Å². The largest absolute Gasteiger partial charge is 0.507 e. The Morgan fingerprint density at radius 3 is 2.52 bits per heavy atom. The molecule has 0 radical (unpaired) electrons. The number of aromatic hydroxyl groups is 1. The van der Waals surface area contributed by atoms with E-state index < -0.39 is 29.3 Å². The number of hydrogen-bond acceptors (Lipinski definition) is 8. The van der Waals surface area contributed by atoms with Gasteiger partial charge in [-0.05, 0) is 42.0 Å². The van der Waals surface area contributed by atoms with Crippen LogP contribution in [0.25, 0.3) is 5.76 Å². The summed E-state index contributed by atoms with van der Waals surface area (Å²) < 4.78 is 18.4. The molecule has 0 aliphatic carbocycles. The van der Waals surface area contributed by atoms with Gasteiger partial charge in [-0.15, -0.1) is 34.2 Å². The molecular formula is C20H15FIN3O5S. The molecule has 2 heterocycles. The van der Waals surface area contributed by atoms with Crippen molar-refractivity contribution in [2.75, 3.05) is 12.0 Å². The fourth-order valence-corrected chi connectivity index (χ4v) is 3.83. The number of rotatable bonds is 4. The molecule has 0 bridgehead atoms. The van der Waals surface area contributed by atoms with E-state index in [1.165, 1.54) is 43.0 Å². The Bertz CT molecular complexity index is 1170. The van der Waals surface area contributed by atoms with Crippen LogP contribution in [-0.4, -0.2) is 39.2 Å². The number of hydrogen-bond donors (Lipinski definition) is 2. The fourth-order valence-electron chi connectivity index (χ4n) is 3.24. The minimum Gasteiger partial charge on any atom is -0.507 e. The van der Waals surface area contributed by atoms with Crippen LogP contribution in [0.15, 0.2) is 53.5 Å². The van der Waals surface area contributed by atoms with E-state index >= 15 is 0 Å². The molecule has 2 aromatic carbocycles. The molecule has 1 amide bonds. The zero-order chi connectivity index (χ0) is 21.4. The van der Waals surface area contributed by atoms with Crippen molar-refractivity contribution in [3.05, 3.63) is 70.5 Å². The summed E-state index contributed by atoms with van der Waals surface area (Å²) in [6.45, 7) is 0. The molecule has 0 saturated carbocycles. The number of ether oxygens (including phenoxy) is 1. The number of carbonyl (C=O) groups is 2. The molecule has 1 fully saturated rings. The number of halogens is 2. The lowest BCUT2D eigenvalue weighted by Crippen LogP contribution is -2.29. The molecule has 4 rings (SSSR count). The van der Waals surface area contributed by atoms with Crippen LogP contribution in [0.4, 0.5) is 9.52 Å². The van der Waals surface area contributed by atoms with Crippen LogP contribution in [0.2, 0.25) is 0 Å². The Hall–Kier alpha value is -3.06. The number of ketones is 1. The van der Waals surface area contributed by atoms with Crippen molar-refractivity contribution >= 4 is 57.9 Å². The Balaban J connectivity index is 0.00000272. The van der Waals surface area contributed by atoms with Crippen LogP contribution < -0.4 is 9.64 Å². The number of carbonyl (C=O) groups excluding carboxylic acids is 2. The lowest BCUT2D eigenvalue weighted by Gasteiger charge is -2.23. The van der Waals surface area contributed by atoms with Crippen molar-refractivity contribution in [3.63, 3.8) is 0 Å². The molecule has 1 aromatic heterocycles. The van der Waals surface area contributed by atoms with E-state index in [4.69, 9.17) is 4.74 Å². The van der Waals surface area contributed by atoms with Crippen molar-refractivity contribution in [1.82, 2.24) is 10.2 Å². The van der Waals surface area contributed by atoms with Gasteiger partial charge in [0.2, 0.25) is 5.13 Å². The standard InChI is InChI=1S/C20H14FN3O5S.HI/c1-29-14-8-11(4-7-13(14)25)16-15(17(26)10-2-5-12(21)6-3-10)18(27)19(28)24(16)20-23-22-9-30-20;/h2-9,16,25-26H,1H3;1H/b17-15+;. The maximum absolute atomic E-state index is 13.3. The smallest absolute Gasteiger partial charge is 0.301 e. The molecular weight excluding hydrogens is 540 g/mol. The highest BCUT2D eigenvalue weighted by Gasteiger charge is 2.48. The topological polar surface area (TPSA) is 113 Å². The summed E-state index contributed by atoms with van der Waals surface area (Å²) in [5.41, 5.74) is 1.77. The number of phenolic OH excluding ortho intramolecular Hbond substituents is 1. The number of benzene rings is 2. The van der Waals surface area contributed by atoms with Gasteiger partial charge in [0.25, 0.3) is 5.78 Å². The number of aliphatic hydroxyl groups is 1. The minimum absolute atomic E-state index is 0. The molecule has 11 heteroatoms. The highest BCUT2D eigenvalue weighted by molar-refractivity contribution is 14.0. The summed E-state index contributed by atoms with van der Waals surface area (Å²) in [6, 6.07) is 8.13. The monoisotopic (exact) mass is 555 g/mol. The van der Waals surface area contributed by atoms with Gasteiger partial charge in [-0.25, -0.2) is 4.39 Å². The summed E-state index contributed by atoms with van der Waals surface area (Å²) in [5.74, 6) is -2.81. The van der Waals surface area contributed by atoms with E-state index in [-0.39, 0.29) is 51.7 Å². The Morgan fingerprint density at radius 1 is 1.19 bits per heavy atom. The summed E-state index contributed by atoms with van der Waals surface area (Å²) >= 11 is 1.05. The summed E-state index contributed by atoms with van der Waals surface area (Å²) in [6.07, 6.45) is 0. The lowest BCUT2D eigenvalue weighted by molar-refractivity contribution is -0.132. The van der Waals surface area contributed by atoms with Crippen molar-refractivity contribution in [2.45, 2.75) is 6.04 Å². The first-order valence-corrected chi connectivity index (χ1v) is 9.50. The Morgan fingerprint density at radius 2 is 1.90 bits per heavy atom. The van der Waals surface area contributed by atoms with E-state index in [1.807, 2.05) is 0 Å². The predicted molar refractivity (Wildman–Crippen MR) is 121 cm³/mol. The zero-order valence-corrected chi connectivity index (χ0v) is 19.0. The first-order valence-electron chi connectivity index (χ1n) is 8.62. The number of amides is 1. The maximum Gasteiger partial charge on any atom is 0.301 e. The number of aliphatic hydroxyl groups excluding tert-OH is 1. The average molecular weight is 555 g/mol. The third kappa shape index (κ3) is 3.97. The van der Waals surface area contributed by atoms with Crippen LogP contribution in [0.5, 0.6) is 11.5 Å². The second kappa shape index (κ2) is 8.98. The molecule has 1 unspecified atom stereocenters. The molecule has 1 saturated heterocycles. The predicted octanol–water partition coefficient (Wildman–Crippen LogP) is 3.64. The Labute approximate surface area is 196 Å². The van der Waals surface area contributed by atoms with E-state index in [2.05, 4.69) is 10.2 Å². The van der Waals surface area contributed by atoms with Crippen LogP contribution in [0.3, 0.4) is 0 Å². The van der Waals surface area contributed by atoms with Crippen molar-refractivity contribution < 1.29 is 28.9 Å². The molecule has 31 heavy (non-hydrogen) atoms. The van der Waals surface area contributed by atoms with Gasteiger partial charge < -0.3 is 14.9 Å². The van der Waals surface area contributed by atoms with E-state index in [1.54, 1.807) is 0 Å². The van der Waals surface area contributed by atoms with Crippen LogP contribution in [-0.2, 0) is 9.59 Å². The molecule has 1 aliphatic heterocycles. The van der Waals surface area contributed by atoms with E-state index in [9.17, 15) is 24.2 Å². The molecule has 8 nitrogen and oxygen atoms in total. The third-order valence-electron chi connectivity index (χ3n) is 4.64. The highest BCUT2D eigenvalue weighted by atomic mass is 127. The van der Waals surface area contributed by atoms with Gasteiger partial charge in [-0.3, -0.25) is 14.5 Å². The number of nitrogens with zero attached hydrogens (tertiary/aromatic N) is 3. The number of Topliss-reactive ketones (excluding diaryl/α,β-unsaturated/α-hetero) is 1. The quantitative estimate of drug-likeness (QED) is 0.219. The van der Waals surface area contributed by atoms with Crippen LogP contribution >= 0.6 is 35.3 Å². The summed E-state index contributed by atoms with van der Waals surface area (Å²) in [7, 11) is 1.36. The molecule has 0 spiro atoms. The molecule has 160 valence electrons. The number of methoxy groups -OCH3 is 1. The maximum atomic E-state index is 13.3. The minimum atomic E-state index is -1.06. The number of aromatic nitrogens is 2. The third-order valence-corrected chi connectivity index (χ3v) is 5.33. The molecule has 1 atom stereocenters. The first-order chi connectivity index (χ1) is 14.4. The average Bonchev–Trinajstić information content (AvgIpc) is 3.35. The van der Waals surface area contributed by atoms with Crippen LogP contribution in [0.1, 0.15) is 17.2 Å². The second-order valence-corrected chi connectivity index (χ2v) is 7.14. The molecule has 2 N–H and O–H groups in total. The normalized spacial score (nSPS) is 17.5. The van der Waals surface area contributed by atoms with Gasteiger partial charge in [0, 0.05) is 5.56 Å². The zero-order valence-electron chi connectivity index (χ0n) is 15.9. The Kier molecular flexibility index (Phi) is 6.55. The van der Waals surface area contributed by atoms with Gasteiger partial charge in [0.1, 0.15) is 17.1 Å². The van der Waals surface area contributed by atoms with Crippen LogP contribution in [0, 0.1) is 5.82 Å².